The lowest BCUT2D eigenvalue weighted by Gasteiger charge is -2.25. The molecule has 1 aromatic rings. The number of para-hydroxylation sites is 1. The summed E-state index contributed by atoms with van der Waals surface area (Å²) in [5.74, 6) is 0.660. The molecule has 0 bridgehead atoms. The van der Waals surface area contributed by atoms with Crippen LogP contribution in [-0.4, -0.2) is 35.1 Å². The van der Waals surface area contributed by atoms with E-state index < -0.39 is 0 Å². The van der Waals surface area contributed by atoms with Crippen molar-refractivity contribution in [2.24, 2.45) is 4.99 Å². The zero-order valence-electron chi connectivity index (χ0n) is 11.4. The first-order chi connectivity index (χ1) is 9.25. The molecule has 2 heterocycles. The Morgan fingerprint density at radius 3 is 2.79 bits per heavy atom. The molecule has 3 rings (SSSR count). The van der Waals surface area contributed by atoms with Gasteiger partial charge in [0.2, 0.25) is 0 Å². The van der Waals surface area contributed by atoms with Gasteiger partial charge in [-0.2, -0.15) is 0 Å². The maximum Gasteiger partial charge on any atom is 0.351 e. The van der Waals surface area contributed by atoms with Crippen LogP contribution in [0.3, 0.4) is 0 Å². The molecular weight excluding hydrogens is 238 g/mol. The van der Waals surface area contributed by atoms with E-state index in [1.807, 2.05) is 31.2 Å². The molecule has 1 fully saturated rings. The van der Waals surface area contributed by atoms with Crippen molar-refractivity contribution in [1.82, 2.24) is 4.90 Å². The molecule has 0 aromatic heterocycles. The minimum absolute atomic E-state index is 0.131. The first-order valence-corrected chi connectivity index (χ1v) is 7.11. The maximum atomic E-state index is 12.3. The molecule has 0 amide bonds. The van der Waals surface area contributed by atoms with Crippen LogP contribution in [0.15, 0.2) is 29.3 Å². The summed E-state index contributed by atoms with van der Waals surface area (Å²) in [6, 6.07) is 7.80. The van der Waals surface area contributed by atoms with Crippen LogP contribution in [0, 0.1) is 4.91 Å². The van der Waals surface area contributed by atoms with Crippen molar-refractivity contribution in [1.29, 1.82) is 0 Å². The van der Waals surface area contributed by atoms with Gasteiger partial charge in [0.15, 0.2) is 11.7 Å². The average molecular weight is 258 g/mol. The Morgan fingerprint density at radius 2 is 2.00 bits per heavy atom. The SMILES string of the molecule is CC1c2ccccc2N=C(CN2CCCCC2)[N+]1=O. The Labute approximate surface area is 113 Å². The lowest BCUT2D eigenvalue weighted by Crippen LogP contribution is -2.39. The lowest BCUT2D eigenvalue weighted by molar-refractivity contribution is -0.482. The summed E-state index contributed by atoms with van der Waals surface area (Å²) < 4.78 is 1.08. The number of nitroso groups, excluding NO2 is 1. The Balaban J connectivity index is 1.85. The van der Waals surface area contributed by atoms with Crippen molar-refractivity contribution >= 4 is 11.5 Å². The van der Waals surface area contributed by atoms with Gasteiger partial charge in [0, 0.05) is 0 Å². The molecule has 0 N–H and O–H groups in total. The second kappa shape index (κ2) is 5.21. The van der Waals surface area contributed by atoms with E-state index in [1.165, 1.54) is 19.3 Å². The molecule has 100 valence electrons. The van der Waals surface area contributed by atoms with Crippen molar-refractivity contribution in [2.45, 2.75) is 32.2 Å². The molecule has 1 atom stereocenters. The van der Waals surface area contributed by atoms with E-state index in [1.54, 1.807) is 0 Å². The van der Waals surface area contributed by atoms with Gasteiger partial charge in [0.1, 0.15) is 6.54 Å². The zero-order chi connectivity index (χ0) is 13.2. The lowest BCUT2D eigenvalue weighted by atomic mass is 10.0. The van der Waals surface area contributed by atoms with Crippen molar-refractivity contribution in [3.05, 3.63) is 34.7 Å². The van der Waals surface area contributed by atoms with Crippen molar-refractivity contribution < 1.29 is 4.76 Å². The van der Waals surface area contributed by atoms with Gasteiger partial charge in [-0.1, -0.05) is 29.5 Å². The summed E-state index contributed by atoms with van der Waals surface area (Å²) in [6.07, 6.45) is 3.78. The predicted octanol–water partition coefficient (Wildman–Crippen LogP) is 3.06. The fraction of sp³-hybridized carbons (Fsp3) is 0.533. The van der Waals surface area contributed by atoms with E-state index in [0.29, 0.717) is 12.4 Å². The summed E-state index contributed by atoms with van der Waals surface area (Å²) in [4.78, 5) is 19.2. The van der Waals surface area contributed by atoms with Crippen molar-refractivity contribution in [3.63, 3.8) is 0 Å². The highest BCUT2D eigenvalue weighted by molar-refractivity contribution is 5.81. The topological polar surface area (TPSA) is 35.7 Å². The van der Waals surface area contributed by atoms with Crippen molar-refractivity contribution in [2.75, 3.05) is 19.6 Å². The molecule has 0 radical (unpaired) electrons. The van der Waals surface area contributed by atoms with Crippen LogP contribution < -0.4 is 0 Å². The third-order valence-corrected chi connectivity index (χ3v) is 4.06. The number of nitrogens with zero attached hydrogens (tertiary/aromatic N) is 3. The zero-order valence-corrected chi connectivity index (χ0v) is 11.4. The second-order valence-electron chi connectivity index (χ2n) is 5.43. The van der Waals surface area contributed by atoms with Gasteiger partial charge in [0.25, 0.3) is 0 Å². The normalized spacial score (nSPS) is 23.9. The molecule has 4 heteroatoms. The average Bonchev–Trinajstić information content (AvgIpc) is 2.46. The number of hydrogen-bond donors (Lipinski definition) is 0. The van der Waals surface area contributed by atoms with Crippen LogP contribution in [0.1, 0.15) is 37.8 Å². The molecule has 0 spiro atoms. The molecule has 4 nitrogen and oxygen atoms in total. The highest BCUT2D eigenvalue weighted by Crippen LogP contribution is 2.31. The molecule has 1 unspecified atom stereocenters. The number of benzene rings is 1. The van der Waals surface area contributed by atoms with Crippen LogP contribution >= 0.6 is 0 Å². The van der Waals surface area contributed by atoms with Gasteiger partial charge in [-0.05, 0) is 48.7 Å². The predicted molar refractivity (Wildman–Crippen MR) is 75.9 cm³/mol. The highest BCUT2D eigenvalue weighted by Gasteiger charge is 2.35. The van der Waals surface area contributed by atoms with Crippen LogP contribution in [-0.2, 0) is 0 Å². The van der Waals surface area contributed by atoms with Gasteiger partial charge < -0.3 is 0 Å². The first kappa shape index (κ1) is 12.5. The molecule has 1 saturated heterocycles. The Hall–Kier alpha value is -1.55. The summed E-state index contributed by atoms with van der Waals surface area (Å²) in [5, 5.41) is 0. The number of likely N-dealkylation sites (tertiary alicyclic amines) is 1. The third-order valence-electron chi connectivity index (χ3n) is 4.06. The molecule has 2 aliphatic heterocycles. The van der Waals surface area contributed by atoms with Gasteiger partial charge >= 0.3 is 5.84 Å². The fourth-order valence-corrected chi connectivity index (χ4v) is 2.90. The molecule has 1 aromatic carbocycles. The number of aliphatic imine (C=N–C) groups is 1. The molecule has 0 aliphatic carbocycles. The van der Waals surface area contributed by atoms with E-state index in [-0.39, 0.29) is 6.04 Å². The van der Waals surface area contributed by atoms with Gasteiger partial charge in [-0.15, -0.1) is 0 Å². The molecular formula is C15H20N3O+. The number of fused-ring (bicyclic) bond motifs is 1. The standard InChI is InChI=1S/C15H20N3O/c1-12-13-7-3-4-8-14(13)16-15(18(12)19)11-17-9-5-2-6-10-17/h3-4,7-8,12H,2,5-6,9-11H2,1H3/q+1. The second-order valence-corrected chi connectivity index (χ2v) is 5.43. The summed E-state index contributed by atoms with van der Waals surface area (Å²) in [6.45, 7) is 4.81. The van der Waals surface area contributed by atoms with E-state index >= 15 is 0 Å². The maximum absolute atomic E-state index is 12.3. The van der Waals surface area contributed by atoms with E-state index in [2.05, 4.69) is 9.89 Å². The minimum Gasteiger partial charge on any atom is -0.292 e. The number of piperidine rings is 1. The van der Waals surface area contributed by atoms with E-state index in [4.69, 9.17) is 0 Å². The van der Waals surface area contributed by atoms with Crippen molar-refractivity contribution in [3.8, 4) is 0 Å². The van der Waals surface area contributed by atoms with Crippen LogP contribution in [0.4, 0.5) is 5.69 Å². The molecule has 19 heavy (non-hydrogen) atoms. The Bertz CT molecular complexity index is 518. The van der Waals surface area contributed by atoms with Crippen LogP contribution in [0.25, 0.3) is 0 Å². The Morgan fingerprint density at radius 1 is 1.26 bits per heavy atom. The molecule has 0 saturated carbocycles. The van der Waals surface area contributed by atoms with Gasteiger partial charge in [0.05, 0.1) is 5.56 Å². The quantitative estimate of drug-likeness (QED) is 0.764. The third kappa shape index (κ3) is 2.45. The van der Waals surface area contributed by atoms with E-state index in [0.717, 1.165) is 29.1 Å². The summed E-state index contributed by atoms with van der Waals surface area (Å²) in [7, 11) is 0. The largest absolute Gasteiger partial charge is 0.351 e. The van der Waals surface area contributed by atoms with Gasteiger partial charge in [-0.3, -0.25) is 4.90 Å². The van der Waals surface area contributed by atoms with Gasteiger partial charge in [-0.25, -0.2) is 0 Å². The summed E-state index contributed by atoms with van der Waals surface area (Å²) >= 11 is 0. The smallest absolute Gasteiger partial charge is 0.292 e. The summed E-state index contributed by atoms with van der Waals surface area (Å²) in [5.41, 5.74) is 1.98. The Kier molecular flexibility index (Phi) is 3.42. The molecule has 2 aliphatic rings. The monoisotopic (exact) mass is 258 g/mol. The van der Waals surface area contributed by atoms with Crippen LogP contribution in [0.5, 0.6) is 0 Å². The fourth-order valence-electron chi connectivity index (χ4n) is 2.90. The van der Waals surface area contributed by atoms with Crippen LogP contribution in [0.2, 0.25) is 0 Å². The first-order valence-electron chi connectivity index (χ1n) is 7.11. The van der Waals surface area contributed by atoms with E-state index in [9.17, 15) is 4.91 Å². The number of hydrogen-bond acceptors (Lipinski definition) is 3. The minimum atomic E-state index is -0.131. The highest BCUT2D eigenvalue weighted by atomic mass is 16.3. The number of amidine groups is 1. The number of rotatable bonds is 2.